The third kappa shape index (κ3) is 9.86. The number of halogens is 8. The van der Waals surface area contributed by atoms with Crippen molar-refractivity contribution in [2.75, 3.05) is 0 Å². The fourth-order valence-corrected chi connectivity index (χ4v) is 7.75. The lowest BCUT2D eigenvalue weighted by molar-refractivity contribution is 0.769. The Balaban J connectivity index is 4.02. The Kier molecular flexibility index (Phi) is 16.7. The van der Waals surface area contributed by atoms with Gasteiger partial charge < -0.3 is 0 Å². The molecule has 0 aliphatic rings. The van der Waals surface area contributed by atoms with E-state index >= 15 is 0 Å². The summed E-state index contributed by atoms with van der Waals surface area (Å²) in [7, 11) is -5.94. The first kappa shape index (κ1) is 34.4. The predicted octanol–water partition coefficient (Wildman–Crippen LogP) is 10.4. The van der Waals surface area contributed by atoms with Gasteiger partial charge >= 0.3 is 0 Å². The van der Waals surface area contributed by atoms with Crippen molar-refractivity contribution in [3.05, 3.63) is 33.4 Å². The van der Waals surface area contributed by atoms with Crippen LogP contribution in [0, 0.1) is 0 Å². The van der Waals surface area contributed by atoms with Crippen molar-refractivity contribution in [3.8, 4) is 0 Å². The molecule has 0 aromatic heterocycles. The minimum absolute atomic E-state index is 0.188. The van der Waals surface area contributed by atoms with Gasteiger partial charge in [0.05, 0.1) is 0 Å². The zero-order chi connectivity index (χ0) is 26.3. The topological polar surface area (TPSA) is 0 Å². The summed E-state index contributed by atoms with van der Waals surface area (Å²) in [5.41, 5.74) is 9.05. The molecule has 4 radical (unpaired) electrons. The highest BCUT2D eigenvalue weighted by molar-refractivity contribution is 7.35. The van der Waals surface area contributed by atoms with Crippen LogP contribution in [-0.4, -0.2) is 29.7 Å². The SMILES string of the molecule is CCc1c(CC)c(CC(C)[Si](Cl)Cl)c(CC(C)[Si](Cl)Cl)c(CC(C)[Si](Cl)Cl)c1CC(C)[Si](Cl)Cl. The lowest BCUT2D eigenvalue weighted by Crippen LogP contribution is -2.21. The summed E-state index contributed by atoms with van der Waals surface area (Å²) < 4.78 is 0. The lowest BCUT2D eigenvalue weighted by atomic mass is 9.79. The Morgan fingerprint density at radius 3 is 0.735 bits per heavy atom. The molecule has 0 aliphatic heterocycles. The highest BCUT2D eigenvalue weighted by atomic mass is 35.7. The van der Waals surface area contributed by atoms with E-state index in [1.54, 1.807) is 0 Å². The van der Waals surface area contributed by atoms with Crippen molar-refractivity contribution < 1.29 is 0 Å². The van der Waals surface area contributed by atoms with Gasteiger partial charge in [0, 0.05) is 0 Å². The zero-order valence-corrected chi connectivity index (χ0v) is 30.6. The third-order valence-corrected chi connectivity index (χ3v) is 19.2. The fourth-order valence-electron chi connectivity index (χ4n) is 4.47. The highest BCUT2D eigenvalue weighted by Gasteiger charge is 2.30. The van der Waals surface area contributed by atoms with Gasteiger partial charge in [0.15, 0.2) is 0 Å². The first-order valence-corrected chi connectivity index (χ1v) is 26.0. The van der Waals surface area contributed by atoms with Gasteiger partial charge in [-0.2, -0.15) is 0 Å². The van der Waals surface area contributed by atoms with Crippen LogP contribution in [0.1, 0.15) is 74.9 Å². The number of rotatable bonds is 14. The Hall–Kier alpha value is 2.41. The van der Waals surface area contributed by atoms with Crippen LogP contribution in [0.4, 0.5) is 0 Å². The van der Waals surface area contributed by atoms with Crippen molar-refractivity contribution in [1.82, 2.24) is 0 Å². The van der Waals surface area contributed by atoms with Crippen molar-refractivity contribution in [1.29, 1.82) is 0 Å². The van der Waals surface area contributed by atoms with Crippen LogP contribution in [0.3, 0.4) is 0 Å². The highest BCUT2D eigenvalue weighted by Crippen LogP contribution is 2.40. The molecule has 0 aliphatic carbocycles. The second-order valence-electron chi connectivity index (χ2n) is 9.16. The van der Waals surface area contributed by atoms with Crippen LogP contribution in [0.2, 0.25) is 22.2 Å². The molecule has 0 saturated heterocycles. The molecule has 0 bridgehead atoms. The van der Waals surface area contributed by atoms with Gasteiger partial charge in [-0.3, -0.25) is 0 Å². The quantitative estimate of drug-likeness (QED) is 0.134. The van der Waals surface area contributed by atoms with Crippen molar-refractivity contribution in [2.24, 2.45) is 0 Å². The Bertz CT molecular complexity index is 713. The summed E-state index contributed by atoms with van der Waals surface area (Å²) in [4.78, 5) is 0. The van der Waals surface area contributed by atoms with E-state index in [4.69, 9.17) is 88.6 Å². The minimum Gasteiger partial charge on any atom is -0.146 e. The van der Waals surface area contributed by atoms with E-state index in [0.717, 1.165) is 38.5 Å². The molecular formula is C22H34Cl8Si4. The molecule has 0 saturated carbocycles. The summed E-state index contributed by atoms with van der Waals surface area (Å²) in [6, 6.07) is 0. The summed E-state index contributed by atoms with van der Waals surface area (Å²) in [6.45, 7) is 13.0. The van der Waals surface area contributed by atoms with Gasteiger partial charge in [-0.15, -0.1) is 88.6 Å². The standard InChI is InChI=1S/C22H34Cl8Si4/c1-7-17-18(8-2)20(10-14(4)32(25)26)22(12-16(6)34(29)30)21(11-15(5)33(27)28)19(17)9-13(3)31(23)24/h13-16H,7-12H2,1-6H3. The van der Waals surface area contributed by atoms with Crippen LogP contribution in [0.15, 0.2) is 0 Å². The second-order valence-corrected chi connectivity index (χ2v) is 27.5. The van der Waals surface area contributed by atoms with Crippen LogP contribution in [0.5, 0.6) is 0 Å². The average molecular weight is 694 g/mol. The smallest absolute Gasteiger partial charge is 0.146 e. The Morgan fingerprint density at radius 1 is 0.412 bits per heavy atom. The molecule has 0 spiro atoms. The largest absolute Gasteiger partial charge is 0.277 e. The lowest BCUT2D eigenvalue weighted by Gasteiger charge is -2.31. The van der Waals surface area contributed by atoms with Gasteiger partial charge in [-0.05, 0) is 94.1 Å². The van der Waals surface area contributed by atoms with E-state index in [1.165, 1.54) is 33.4 Å². The van der Waals surface area contributed by atoms with Gasteiger partial charge in [-0.25, -0.2) is 0 Å². The van der Waals surface area contributed by atoms with Crippen molar-refractivity contribution >= 4 is 118 Å². The second kappa shape index (κ2) is 16.5. The summed E-state index contributed by atoms with van der Waals surface area (Å²) >= 11 is 51.5. The zero-order valence-electron chi connectivity index (χ0n) is 20.6. The Labute approximate surface area is 251 Å². The molecule has 1 aromatic carbocycles. The monoisotopic (exact) mass is 690 g/mol. The molecule has 1 rings (SSSR count). The van der Waals surface area contributed by atoms with E-state index in [9.17, 15) is 0 Å². The van der Waals surface area contributed by atoms with Crippen LogP contribution in [-0.2, 0) is 38.5 Å². The number of hydrogen-bond donors (Lipinski definition) is 0. The molecule has 0 heterocycles. The van der Waals surface area contributed by atoms with Gasteiger partial charge in [0.2, 0.25) is 0 Å². The summed E-state index contributed by atoms with van der Waals surface area (Å²) in [5, 5.41) is 0. The summed E-state index contributed by atoms with van der Waals surface area (Å²) in [5.74, 6) is 0. The van der Waals surface area contributed by atoms with E-state index in [1.807, 2.05) is 0 Å². The van der Waals surface area contributed by atoms with E-state index in [2.05, 4.69) is 41.5 Å². The molecule has 34 heavy (non-hydrogen) atoms. The molecule has 0 N–H and O–H groups in total. The number of hydrogen-bond acceptors (Lipinski definition) is 0. The van der Waals surface area contributed by atoms with Gasteiger partial charge in [0.1, 0.15) is 0 Å². The first-order chi connectivity index (χ1) is 15.8. The molecule has 1 aromatic rings. The predicted molar refractivity (Wildman–Crippen MR) is 168 cm³/mol. The van der Waals surface area contributed by atoms with Crippen molar-refractivity contribution in [2.45, 2.75) is 102 Å². The van der Waals surface area contributed by atoms with E-state index < -0.39 is 29.7 Å². The number of benzene rings is 1. The fraction of sp³-hybridized carbons (Fsp3) is 0.727. The normalized spacial score (nSPS) is 16.1. The molecule has 12 heteroatoms. The minimum atomic E-state index is -1.50. The Morgan fingerprint density at radius 2 is 0.588 bits per heavy atom. The molecule has 0 nitrogen and oxygen atoms in total. The van der Waals surface area contributed by atoms with Crippen LogP contribution >= 0.6 is 88.6 Å². The summed E-state index contributed by atoms with van der Waals surface area (Å²) in [6.07, 6.45) is 5.22. The molecule has 4 unspecified atom stereocenters. The maximum absolute atomic E-state index is 6.46. The molecule has 0 amide bonds. The van der Waals surface area contributed by atoms with Crippen molar-refractivity contribution in [3.63, 3.8) is 0 Å². The van der Waals surface area contributed by atoms with E-state index in [-0.39, 0.29) is 22.2 Å². The molecular weight excluding hydrogens is 660 g/mol. The molecule has 0 fully saturated rings. The molecule has 4 atom stereocenters. The average Bonchev–Trinajstić information content (AvgIpc) is 2.75. The van der Waals surface area contributed by atoms with Gasteiger partial charge in [0.25, 0.3) is 29.7 Å². The maximum atomic E-state index is 6.46. The van der Waals surface area contributed by atoms with Crippen LogP contribution < -0.4 is 0 Å². The first-order valence-electron chi connectivity index (χ1n) is 11.6. The third-order valence-electron chi connectivity index (χ3n) is 6.42. The van der Waals surface area contributed by atoms with Crippen LogP contribution in [0.25, 0.3) is 0 Å². The molecule has 194 valence electrons. The van der Waals surface area contributed by atoms with Gasteiger partial charge in [-0.1, -0.05) is 41.5 Å². The maximum Gasteiger partial charge on any atom is 0.277 e. The van der Waals surface area contributed by atoms with E-state index in [0.29, 0.717) is 0 Å².